The summed E-state index contributed by atoms with van der Waals surface area (Å²) < 4.78 is 7.27. The van der Waals surface area contributed by atoms with Crippen LogP contribution < -0.4 is 16.2 Å². The van der Waals surface area contributed by atoms with Gasteiger partial charge in [0, 0.05) is 38.6 Å². The molecule has 0 aliphatic carbocycles. The highest BCUT2D eigenvalue weighted by atomic mass is 16.5. The third-order valence-corrected chi connectivity index (χ3v) is 2.98. The van der Waals surface area contributed by atoms with Crippen molar-refractivity contribution >= 4 is 5.82 Å². The summed E-state index contributed by atoms with van der Waals surface area (Å²) in [5, 5.41) is 6.34. The molecule has 0 saturated carbocycles. The molecular formula is C13H22N4O2. The fraction of sp³-hybridized carbons (Fsp3) is 0.692. The van der Waals surface area contributed by atoms with Gasteiger partial charge in [0.25, 0.3) is 5.56 Å². The smallest absolute Gasteiger partial charge is 0.293 e. The minimum absolute atomic E-state index is 0.0695. The first-order chi connectivity index (χ1) is 9.16. The number of ether oxygens (including phenoxy) is 1. The second-order valence-corrected chi connectivity index (χ2v) is 5.21. The van der Waals surface area contributed by atoms with Crippen molar-refractivity contribution in [2.24, 2.45) is 5.92 Å². The van der Waals surface area contributed by atoms with Gasteiger partial charge in [0.05, 0.1) is 12.7 Å². The van der Waals surface area contributed by atoms with Crippen molar-refractivity contribution in [3.05, 3.63) is 22.7 Å². The molecule has 0 amide bonds. The lowest BCUT2D eigenvalue weighted by Gasteiger charge is -2.23. The van der Waals surface area contributed by atoms with E-state index < -0.39 is 0 Å². The van der Waals surface area contributed by atoms with Crippen LogP contribution in [0.2, 0.25) is 0 Å². The molecule has 0 aromatic carbocycles. The largest absolute Gasteiger partial charge is 0.374 e. The first-order valence-electron chi connectivity index (χ1n) is 6.78. The molecule has 1 aliphatic rings. The van der Waals surface area contributed by atoms with Gasteiger partial charge in [-0.15, -0.1) is 0 Å². The molecule has 2 heterocycles. The molecular weight excluding hydrogens is 244 g/mol. The van der Waals surface area contributed by atoms with Gasteiger partial charge in [0.2, 0.25) is 0 Å². The predicted molar refractivity (Wildman–Crippen MR) is 74.4 cm³/mol. The molecule has 1 aliphatic heterocycles. The quantitative estimate of drug-likeness (QED) is 0.802. The van der Waals surface area contributed by atoms with Crippen molar-refractivity contribution in [1.82, 2.24) is 14.9 Å². The van der Waals surface area contributed by atoms with Gasteiger partial charge in [0.1, 0.15) is 0 Å². The maximum Gasteiger partial charge on any atom is 0.293 e. The Labute approximate surface area is 113 Å². The van der Waals surface area contributed by atoms with E-state index in [0.29, 0.717) is 31.4 Å². The Kier molecular flexibility index (Phi) is 4.93. The lowest BCUT2D eigenvalue weighted by molar-refractivity contribution is 0.0371. The zero-order valence-electron chi connectivity index (χ0n) is 11.6. The highest BCUT2D eigenvalue weighted by Crippen LogP contribution is 2.01. The Bertz CT molecular complexity index is 452. The van der Waals surface area contributed by atoms with Crippen LogP contribution in [0, 0.1) is 5.92 Å². The number of aromatic nitrogens is 2. The van der Waals surface area contributed by atoms with Gasteiger partial charge in [0.15, 0.2) is 5.82 Å². The van der Waals surface area contributed by atoms with E-state index in [1.165, 1.54) is 0 Å². The summed E-state index contributed by atoms with van der Waals surface area (Å²) in [4.78, 5) is 16.3. The Morgan fingerprint density at radius 3 is 3.16 bits per heavy atom. The molecule has 1 aromatic rings. The molecule has 1 atom stereocenters. The standard InChI is InChI=1S/C13H22N4O2/c1-10(2)9-17-5-3-15-12(13(17)18)16-8-11-7-14-4-6-19-11/h3,5,10-11,14H,4,6-9H2,1-2H3,(H,15,16). The monoisotopic (exact) mass is 266 g/mol. The Morgan fingerprint density at radius 2 is 2.47 bits per heavy atom. The average Bonchev–Trinajstić information content (AvgIpc) is 2.40. The van der Waals surface area contributed by atoms with Crippen LogP contribution in [0.3, 0.4) is 0 Å². The third kappa shape index (κ3) is 4.04. The van der Waals surface area contributed by atoms with Crippen LogP contribution in [-0.2, 0) is 11.3 Å². The fourth-order valence-electron chi connectivity index (χ4n) is 2.07. The molecule has 1 saturated heterocycles. The van der Waals surface area contributed by atoms with E-state index in [-0.39, 0.29) is 11.7 Å². The van der Waals surface area contributed by atoms with Crippen LogP contribution >= 0.6 is 0 Å². The van der Waals surface area contributed by atoms with Gasteiger partial charge >= 0.3 is 0 Å². The van der Waals surface area contributed by atoms with E-state index in [0.717, 1.165) is 13.1 Å². The third-order valence-electron chi connectivity index (χ3n) is 2.98. The summed E-state index contributed by atoms with van der Waals surface area (Å²) in [6.07, 6.45) is 3.48. The number of hydrogen-bond acceptors (Lipinski definition) is 5. The highest BCUT2D eigenvalue weighted by molar-refractivity contribution is 5.30. The van der Waals surface area contributed by atoms with E-state index in [1.54, 1.807) is 17.0 Å². The van der Waals surface area contributed by atoms with Gasteiger partial charge < -0.3 is 19.9 Å². The molecule has 2 N–H and O–H groups in total. The number of nitrogens with one attached hydrogen (secondary N) is 2. The molecule has 106 valence electrons. The van der Waals surface area contributed by atoms with E-state index in [4.69, 9.17) is 4.74 Å². The highest BCUT2D eigenvalue weighted by Gasteiger charge is 2.14. The van der Waals surface area contributed by atoms with Crippen molar-refractivity contribution in [1.29, 1.82) is 0 Å². The summed E-state index contributed by atoms with van der Waals surface area (Å²) >= 11 is 0. The zero-order valence-corrected chi connectivity index (χ0v) is 11.6. The Morgan fingerprint density at radius 1 is 1.63 bits per heavy atom. The summed E-state index contributed by atoms with van der Waals surface area (Å²) in [7, 11) is 0. The summed E-state index contributed by atoms with van der Waals surface area (Å²) in [6.45, 7) is 7.88. The molecule has 19 heavy (non-hydrogen) atoms. The van der Waals surface area contributed by atoms with Crippen molar-refractivity contribution in [3.8, 4) is 0 Å². The number of nitrogens with zero attached hydrogens (tertiary/aromatic N) is 2. The number of morpholine rings is 1. The Balaban J connectivity index is 1.97. The van der Waals surface area contributed by atoms with Gasteiger partial charge in [-0.1, -0.05) is 13.8 Å². The molecule has 6 nitrogen and oxygen atoms in total. The van der Waals surface area contributed by atoms with Crippen molar-refractivity contribution in [2.45, 2.75) is 26.5 Å². The van der Waals surface area contributed by atoms with Crippen LogP contribution in [0.15, 0.2) is 17.2 Å². The normalized spacial score (nSPS) is 19.6. The van der Waals surface area contributed by atoms with E-state index >= 15 is 0 Å². The van der Waals surface area contributed by atoms with Crippen LogP contribution in [0.1, 0.15) is 13.8 Å². The first-order valence-corrected chi connectivity index (χ1v) is 6.78. The SMILES string of the molecule is CC(C)Cn1ccnc(NCC2CNCCO2)c1=O. The fourth-order valence-corrected chi connectivity index (χ4v) is 2.07. The van der Waals surface area contributed by atoms with Crippen LogP contribution in [-0.4, -0.2) is 41.9 Å². The van der Waals surface area contributed by atoms with Gasteiger partial charge in [-0.05, 0) is 5.92 Å². The zero-order chi connectivity index (χ0) is 13.7. The minimum atomic E-state index is -0.0695. The maximum absolute atomic E-state index is 12.2. The van der Waals surface area contributed by atoms with Gasteiger partial charge in [-0.3, -0.25) is 4.79 Å². The second-order valence-electron chi connectivity index (χ2n) is 5.21. The van der Waals surface area contributed by atoms with Crippen LogP contribution in [0.25, 0.3) is 0 Å². The van der Waals surface area contributed by atoms with Crippen molar-refractivity contribution in [2.75, 3.05) is 31.6 Å². The number of anilines is 1. The lowest BCUT2D eigenvalue weighted by Crippen LogP contribution is -2.42. The van der Waals surface area contributed by atoms with Crippen LogP contribution in [0.4, 0.5) is 5.82 Å². The minimum Gasteiger partial charge on any atom is -0.374 e. The molecule has 1 aromatic heterocycles. The molecule has 0 spiro atoms. The van der Waals surface area contributed by atoms with E-state index in [9.17, 15) is 4.79 Å². The maximum atomic E-state index is 12.2. The van der Waals surface area contributed by atoms with Crippen molar-refractivity contribution < 1.29 is 4.74 Å². The molecule has 0 bridgehead atoms. The molecule has 1 unspecified atom stereocenters. The summed E-state index contributed by atoms with van der Waals surface area (Å²) in [5.74, 6) is 0.830. The van der Waals surface area contributed by atoms with Crippen molar-refractivity contribution in [3.63, 3.8) is 0 Å². The van der Waals surface area contributed by atoms with Crippen LogP contribution in [0.5, 0.6) is 0 Å². The topological polar surface area (TPSA) is 68.2 Å². The molecule has 0 radical (unpaired) electrons. The number of rotatable bonds is 5. The van der Waals surface area contributed by atoms with E-state index in [2.05, 4.69) is 29.5 Å². The first kappa shape index (κ1) is 14.0. The van der Waals surface area contributed by atoms with E-state index in [1.807, 2.05) is 0 Å². The molecule has 2 rings (SSSR count). The lowest BCUT2D eigenvalue weighted by atomic mass is 10.2. The second kappa shape index (κ2) is 6.68. The predicted octanol–water partition coefficient (Wildman–Crippen LogP) is 0.300. The summed E-state index contributed by atoms with van der Waals surface area (Å²) in [5.41, 5.74) is -0.0695. The Hall–Kier alpha value is -1.40. The average molecular weight is 266 g/mol. The molecule has 1 fully saturated rings. The van der Waals surface area contributed by atoms with Gasteiger partial charge in [-0.25, -0.2) is 4.98 Å². The summed E-state index contributed by atoms with van der Waals surface area (Å²) in [6, 6.07) is 0. The molecule has 6 heteroatoms. The number of hydrogen-bond donors (Lipinski definition) is 2. The van der Waals surface area contributed by atoms with Gasteiger partial charge in [-0.2, -0.15) is 0 Å².